The largest absolute Gasteiger partial charge is 0.350 e. The van der Waals surface area contributed by atoms with Gasteiger partial charge < -0.3 is 10.2 Å². The first kappa shape index (κ1) is 15.9. The molecule has 5 heteroatoms. The van der Waals surface area contributed by atoms with Crippen LogP contribution in [-0.4, -0.2) is 21.7 Å². The van der Waals surface area contributed by atoms with Crippen LogP contribution in [0.4, 0.5) is 0 Å². The second-order valence-electron chi connectivity index (χ2n) is 5.69. The van der Waals surface area contributed by atoms with Gasteiger partial charge in [-0.05, 0) is 29.3 Å². The van der Waals surface area contributed by atoms with Crippen molar-refractivity contribution in [2.75, 3.05) is 0 Å². The van der Waals surface area contributed by atoms with Crippen LogP contribution in [0.25, 0.3) is 6.08 Å². The summed E-state index contributed by atoms with van der Waals surface area (Å²) in [6.45, 7) is 1.89. The predicted molar refractivity (Wildman–Crippen MR) is 91.4 cm³/mol. The lowest BCUT2D eigenvalue weighted by molar-refractivity contribution is -0.130. The maximum atomic E-state index is 12.4. The molecule has 0 radical (unpaired) electrons. The number of fused-ring (bicyclic) bond motifs is 1. The minimum Gasteiger partial charge on any atom is -0.350 e. The van der Waals surface area contributed by atoms with Crippen molar-refractivity contribution < 1.29 is 9.59 Å². The Morgan fingerprint density at radius 2 is 1.96 bits per heavy atom. The molecule has 3 rings (SSSR count). The first-order valence-electron chi connectivity index (χ1n) is 7.88. The lowest BCUT2D eigenvalue weighted by atomic mass is 9.93. The summed E-state index contributed by atoms with van der Waals surface area (Å²) in [4.78, 5) is 30.1. The molecule has 1 aromatic heterocycles. The summed E-state index contributed by atoms with van der Waals surface area (Å²) in [5, 5.41) is 2.87. The fourth-order valence-electron chi connectivity index (χ4n) is 2.85. The summed E-state index contributed by atoms with van der Waals surface area (Å²) < 4.78 is 0. The van der Waals surface area contributed by atoms with Crippen LogP contribution in [0.1, 0.15) is 36.2 Å². The Bertz CT molecular complexity index is 771. The first-order valence-corrected chi connectivity index (χ1v) is 7.88. The molecule has 2 amide bonds. The van der Waals surface area contributed by atoms with Crippen molar-refractivity contribution in [3.05, 3.63) is 71.7 Å². The summed E-state index contributed by atoms with van der Waals surface area (Å²) in [5.41, 5.74) is 2.83. The number of aromatic nitrogens is 1. The topological polar surface area (TPSA) is 62.3 Å². The minimum absolute atomic E-state index is 0.0803. The van der Waals surface area contributed by atoms with E-state index in [2.05, 4.69) is 10.3 Å². The highest BCUT2D eigenvalue weighted by molar-refractivity contribution is 5.81. The number of nitrogens with one attached hydrogen (secondary N) is 1. The van der Waals surface area contributed by atoms with E-state index in [9.17, 15) is 9.59 Å². The van der Waals surface area contributed by atoms with Gasteiger partial charge in [-0.3, -0.25) is 14.6 Å². The number of carbonyl (C=O) groups is 2. The van der Waals surface area contributed by atoms with E-state index < -0.39 is 0 Å². The number of pyridine rings is 1. The van der Waals surface area contributed by atoms with E-state index in [1.165, 1.54) is 6.92 Å². The third-order valence-corrected chi connectivity index (χ3v) is 4.04. The van der Waals surface area contributed by atoms with Gasteiger partial charge in [-0.2, -0.15) is 0 Å². The molecule has 0 unspecified atom stereocenters. The summed E-state index contributed by atoms with van der Waals surface area (Å²) in [5.74, 6) is -0.190. The number of nitrogens with zero attached hydrogens (tertiary/aromatic N) is 2. The fraction of sp³-hybridized carbons (Fsp3) is 0.211. The van der Waals surface area contributed by atoms with Gasteiger partial charge in [0, 0.05) is 19.3 Å². The fourth-order valence-corrected chi connectivity index (χ4v) is 2.85. The molecule has 2 heterocycles. The van der Waals surface area contributed by atoms with Gasteiger partial charge in [0.05, 0.1) is 24.7 Å². The van der Waals surface area contributed by atoms with E-state index in [1.807, 2.05) is 48.5 Å². The van der Waals surface area contributed by atoms with Gasteiger partial charge in [-0.1, -0.05) is 30.3 Å². The molecule has 0 bridgehead atoms. The zero-order valence-corrected chi connectivity index (χ0v) is 13.5. The van der Waals surface area contributed by atoms with Crippen molar-refractivity contribution in [3.8, 4) is 0 Å². The maximum Gasteiger partial charge on any atom is 0.223 e. The van der Waals surface area contributed by atoms with Crippen LogP contribution in [-0.2, 0) is 16.1 Å². The summed E-state index contributed by atoms with van der Waals surface area (Å²) in [6, 6.07) is 13.1. The Labute approximate surface area is 141 Å². The van der Waals surface area contributed by atoms with Gasteiger partial charge >= 0.3 is 0 Å². The minimum atomic E-state index is -0.285. The number of rotatable bonds is 4. The predicted octanol–water partition coefficient (Wildman–Crippen LogP) is 2.66. The Kier molecular flexibility index (Phi) is 4.70. The van der Waals surface area contributed by atoms with Gasteiger partial charge in [0.2, 0.25) is 11.8 Å². The molecule has 24 heavy (non-hydrogen) atoms. The third-order valence-electron chi connectivity index (χ3n) is 4.04. The Morgan fingerprint density at radius 3 is 2.71 bits per heavy atom. The van der Waals surface area contributed by atoms with Gasteiger partial charge in [-0.15, -0.1) is 0 Å². The number of carbonyl (C=O) groups excluding carboxylic acids is 2. The van der Waals surface area contributed by atoms with Gasteiger partial charge in [0.25, 0.3) is 0 Å². The van der Waals surface area contributed by atoms with Crippen molar-refractivity contribution >= 4 is 17.9 Å². The molecule has 5 nitrogen and oxygen atoms in total. The normalized spacial score (nSPS) is 15.7. The number of benzene rings is 1. The maximum absolute atomic E-state index is 12.4. The molecule has 1 aliphatic heterocycles. The van der Waals surface area contributed by atoms with Gasteiger partial charge in [0.1, 0.15) is 0 Å². The summed E-state index contributed by atoms with van der Waals surface area (Å²) in [6.07, 6.45) is 5.56. The highest BCUT2D eigenvalue weighted by atomic mass is 16.2. The van der Waals surface area contributed by atoms with Gasteiger partial charge in [0.15, 0.2) is 0 Å². The summed E-state index contributed by atoms with van der Waals surface area (Å²) >= 11 is 0. The SMILES string of the molecule is CC(=O)N1C=Cc2ccccc2[C@H]1CC(=O)NCc1ccccn1. The molecule has 1 atom stereocenters. The molecule has 1 N–H and O–H groups in total. The smallest absolute Gasteiger partial charge is 0.223 e. The zero-order valence-electron chi connectivity index (χ0n) is 13.5. The zero-order chi connectivity index (χ0) is 16.9. The number of hydrogen-bond donors (Lipinski definition) is 1. The second-order valence-corrected chi connectivity index (χ2v) is 5.69. The molecule has 122 valence electrons. The monoisotopic (exact) mass is 321 g/mol. The molecule has 2 aromatic rings. The molecular weight excluding hydrogens is 302 g/mol. The lowest BCUT2D eigenvalue weighted by Gasteiger charge is -2.32. The van der Waals surface area contributed by atoms with Crippen molar-refractivity contribution in [1.29, 1.82) is 0 Å². The van der Waals surface area contributed by atoms with E-state index in [0.29, 0.717) is 6.54 Å². The standard InChI is InChI=1S/C19H19N3O2/c1-14(23)22-11-9-15-6-2-3-8-17(15)18(22)12-19(24)21-13-16-7-4-5-10-20-16/h2-11,18H,12-13H2,1H3,(H,21,24)/t18-/m1/s1. The van der Waals surface area contributed by atoms with E-state index in [0.717, 1.165) is 16.8 Å². The Morgan fingerprint density at radius 1 is 1.17 bits per heavy atom. The van der Waals surface area contributed by atoms with Crippen molar-refractivity contribution in [2.45, 2.75) is 25.9 Å². The lowest BCUT2D eigenvalue weighted by Crippen LogP contribution is -2.35. The van der Waals surface area contributed by atoms with Gasteiger partial charge in [-0.25, -0.2) is 0 Å². The summed E-state index contributed by atoms with van der Waals surface area (Å²) in [7, 11) is 0. The molecule has 0 saturated heterocycles. The molecule has 0 saturated carbocycles. The molecule has 1 aliphatic rings. The van der Waals surface area contributed by atoms with Crippen LogP contribution < -0.4 is 5.32 Å². The van der Waals surface area contributed by atoms with E-state index in [1.54, 1.807) is 17.3 Å². The van der Waals surface area contributed by atoms with Crippen molar-refractivity contribution in [2.24, 2.45) is 0 Å². The van der Waals surface area contributed by atoms with Crippen LogP contribution >= 0.6 is 0 Å². The quantitative estimate of drug-likeness (QED) is 0.942. The number of amides is 2. The average Bonchev–Trinajstić information content (AvgIpc) is 2.61. The second kappa shape index (κ2) is 7.08. The Hall–Kier alpha value is -2.95. The number of hydrogen-bond acceptors (Lipinski definition) is 3. The van der Waals surface area contributed by atoms with Crippen LogP contribution in [0.15, 0.2) is 54.9 Å². The highest BCUT2D eigenvalue weighted by Crippen LogP contribution is 2.32. The van der Waals surface area contributed by atoms with Crippen LogP contribution in [0.2, 0.25) is 0 Å². The Balaban J connectivity index is 1.72. The van der Waals surface area contributed by atoms with Crippen molar-refractivity contribution in [3.63, 3.8) is 0 Å². The molecular formula is C19H19N3O2. The average molecular weight is 321 g/mol. The molecule has 0 aliphatic carbocycles. The van der Waals surface area contributed by atoms with E-state index >= 15 is 0 Å². The molecule has 0 fully saturated rings. The van der Waals surface area contributed by atoms with Crippen LogP contribution in [0.3, 0.4) is 0 Å². The molecule has 0 spiro atoms. The van der Waals surface area contributed by atoms with Crippen LogP contribution in [0, 0.1) is 0 Å². The van der Waals surface area contributed by atoms with E-state index in [4.69, 9.17) is 0 Å². The first-order chi connectivity index (χ1) is 11.6. The van der Waals surface area contributed by atoms with Crippen molar-refractivity contribution in [1.82, 2.24) is 15.2 Å². The third kappa shape index (κ3) is 3.51. The highest BCUT2D eigenvalue weighted by Gasteiger charge is 2.27. The van der Waals surface area contributed by atoms with E-state index in [-0.39, 0.29) is 24.3 Å². The molecule has 1 aromatic carbocycles. The van der Waals surface area contributed by atoms with Crippen LogP contribution in [0.5, 0.6) is 0 Å².